The molecule has 1 aliphatic heterocycles. The second-order valence-corrected chi connectivity index (χ2v) is 7.34. The average Bonchev–Trinajstić information content (AvgIpc) is 3.10. The van der Waals surface area contributed by atoms with Gasteiger partial charge in [-0.3, -0.25) is 14.5 Å². The first-order valence-corrected chi connectivity index (χ1v) is 9.14. The van der Waals surface area contributed by atoms with Gasteiger partial charge in [0.1, 0.15) is 0 Å². The van der Waals surface area contributed by atoms with E-state index in [9.17, 15) is 9.59 Å². The number of thiophene rings is 1. The molecule has 120 valence electrons. The Morgan fingerprint density at radius 1 is 1.04 bits per heavy atom. The Labute approximate surface area is 147 Å². The molecular formula is C17H17BrN2O2S. The maximum atomic E-state index is 12.3. The molecule has 1 aromatic carbocycles. The highest BCUT2D eigenvalue weighted by Gasteiger charge is 2.23. The maximum Gasteiger partial charge on any atom is 0.264 e. The van der Waals surface area contributed by atoms with Gasteiger partial charge in [-0.05, 0) is 23.6 Å². The molecule has 0 atom stereocenters. The zero-order chi connectivity index (χ0) is 16.2. The molecule has 0 aliphatic carbocycles. The number of carbonyl (C=O) groups is 2. The molecule has 1 aliphatic rings. The molecule has 0 radical (unpaired) electrons. The molecule has 1 saturated heterocycles. The van der Waals surface area contributed by atoms with Crippen molar-refractivity contribution in [3.63, 3.8) is 0 Å². The molecule has 3 rings (SSSR count). The standard InChI is InChI=1S/C17H17BrN2O2S/c18-14-5-3-13(4-6-14)15(21)12-19-7-9-20(10-8-19)17(22)16-2-1-11-23-16/h1-6,11H,7-10,12H2. The molecule has 4 nitrogen and oxygen atoms in total. The minimum Gasteiger partial charge on any atom is -0.335 e. The van der Waals surface area contributed by atoms with E-state index >= 15 is 0 Å². The van der Waals surface area contributed by atoms with Gasteiger partial charge < -0.3 is 4.90 Å². The predicted molar refractivity (Wildman–Crippen MR) is 95.1 cm³/mol. The Kier molecular flexibility index (Phi) is 5.25. The average molecular weight is 393 g/mol. The van der Waals surface area contributed by atoms with E-state index in [2.05, 4.69) is 20.8 Å². The van der Waals surface area contributed by atoms with Gasteiger partial charge in [0, 0.05) is 36.2 Å². The number of benzene rings is 1. The number of hydrogen-bond donors (Lipinski definition) is 0. The molecule has 0 bridgehead atoms. The van der Waals surface area contributed by atoms with E-state index in [0.717, 1.165) is 28.0 Å². The first-order valence-electron chi connectivity index (χ1n) is 7.47. The molecule has 2 aromatic rings. The van der Waals surface area contributed by atoms with Crippen molar-refractivity contribution in [3.8, 4) is 0 Å². The number of ketones is 1. The first kappa shape index (κ1) is 16.4. The fourth-order valence-electron chi connectivity index (χ4n) is 2.60. The van der Waals surface area contributed by atoms with Crippen LogP contribution in [-0.2, 0) is 0 Å². The highest BCUT2D eigenvalue weighted by molar-refractivity contribution is 9.10. The van der Waals surface area contributed by atoms with E-state index in [-0.39, 0.29) is 11.7 Å². The second-order valence-electron chi connectivity index (χ2n) is 5.48. The van der Waals surface area contributed by atoms with Gasteiger partial charge in [0.05, 0.1) is 11.4 Å². The summed E-state index contributed by atoms with van der Waals surface area (Å²) in [5.74, 6) is 0.217. The second kappa shape index (κ2) is 7.38. The van der Waals surface area contributed by atoms with Crippen molar-refractivity contribution in [2.45, 2.75) is 0 Å². The topological polar surface area (TPSA) is 40.6 Å². The molecule has 1 fully saturated rings. The lowest BCUT2D eigenvalue weighted by Crippen LogP contribution is -2.49. The summed E-state index contributed by atoms with van der Waals surface area (Å²) in [7, 11) is 0. The van der Waals surface area contributed by atoms with Crippen LogP contribution in [0.4, 0.5) is 0 Å². The molecule has 1 amide bonds. The van der Waals surface area contributed by atoms with Crippen LogP contribution in [0, 0.1) is 0 Å². The van der Waals surface area contributed by atoms with Crippen LogP contribution < -0.4 is 0 Å². The molecule has 23 heavy (non-hydrogen) atoms. The van der Waals surface area contributed by atoms with Gasteiger partial charge in [-0.15, -0.1) is 11.3 Å². The Balaban J connectivity index is 1.52. The minimum absolute atomic E-state index is 0.0962. The summed E-state index contributed by atoms with van der Waals surface area (Å²) in [5.41, 5.74) is 0.727. The van der Waals surface area contributed by atoms with E-state index in [1.54, 1.807) is 0 Å². The van der Waals surface area contributed by atoms with E-state index in [4.69, 9.17) is 0 Å². The van der Waals surface area contributed by atoms with Gasteiger partial charge >= 0.3 is 0 Å². The van der Waals surface area contributed by atoms with E-state index < -0.39 is 0 Å². The Morgan fingerprint density at radius 3 is 2.35 bits per heavy atom. The third kappa shape index (κ3) is 4.07. The molecule has 2 heterocycles. The zero-order valence-corrected chi connectivity index (χ0v) is 15.0. The van der Waals surface area contributed by atoms with Crippen molar-refractivity contribution in [1.29, 1.82) is 0 Å². The number of rotatable bonds is 4. The van der Waals surface area contributed by atoms with Gasteiger partial charge in [0.15, 0.2) is 5.78 Å². The van der Waals surface area contributed by atoms with Crippen LogP contribution in [-0.4, -0.2) is 54.2 Å². The highest BCUT2D eigenvalue weighted by Crippen LogP contribution is 2.15. The first-order chi connectivity index (χ1) is 11.1. The number of hydrogen-bond acceptors (Lipinski definition) is 4. The zero-order valence-electron chi connectivity index (χ0n) is 12.6. The fourth-order valence-corrected chi connectivity index (χ4v) is 3.55. The number of halogens is 1. The van der Waals surface area contributed by atoms with Crippen molar-refractivity contribution >= 4 is 39.0 Å². The van der Waals surface area contributed by atoms with Crippen LogP contribution in [0.1, 0.15) is 20.0 Å². The van der Waals surface area contributed by atoms with Crippen molar-refractivity contribution in [3.05, 3.63) is 56.7 Å². The Bertz CT molecular complexity index is 677. The lowest BCUT2D eigenvalue weighted by atomic mass is 10.1. The van der Waals surface area contributed by atoms with Crippen LogP contribution in [0.2, 0.25) is 0 Å². The lowest BCUT2D eigenvalue weighted by Gasteiger charge is -2.34. The van der Waals surface area contributed by atoms with Gasteiger partial charge in [-0.1, -0.05) is 34.1 Å². The largest absolute Gasteiger partial charge is 0.335 e. The van der Waals surface area contributed by atoms with Crippen molar-refractivity contribution in [2.75, 3.05) is 32.7 Å². The summed E-state index contributed by atoms with van der Waals surface area (Å²) in [5, 5.41) is 1.92. The summed E-state index contributed by atoms with van der Waals surface area (Å²) in [6, 6.07) is 11.2. The van der Waals surface area contributed by atoms with Crippen LogP contribution in [0.3, 0.4) is 0 Å². The predicted octanol–water partition coefficient (Wildman–Crippen LogP) is 3.15. The lowest BCUT2D eigenvalue weighted by molar-refractivity contribution is 0.0629. The molecule has 0 saturated carbocycles. The van der Waals surface area contributed by atoms with E-state index in [1.165, 1.54) is 11.3 Å². The number of amides is 1. The van der Waals surface area contributed by atoms with Gasteiger partial charge in [-0.2, -0.15) is 0 Å². The van der Waals surface area contributed by atoms with Gasteiger partial charge in [0.2, 0.25) is 0 Å². The van der Waals surface area contributed by atoms with Crippen LogP contribution in [0.15, 0.2) is 46.3 Å². The van der Waals surface area contributed by atoms with Crippen molar-refractivity contribution in [1.82, 2.24) is 9.80 Å². The molecule has 0 unspecified atom stereocenters. The highest BCUT2D eigenvalue weighted by atomic mass is 79.9. The smallest absolute Gasteiger partial charge is 0.264 e. The third-order valence-electron chi connectivity index (χ3n) is 3.92. The number of nitrogens with zero attached hydrogens (tertiary/aromatic N) is 2. The van der Waals surface area contributed by atoms with Crippen molar-refractivity contribution < 1.29 is 9.59 Å². The third-order valence-corrected chi connectivity index (χ3v) is 5.31. The number of Topliss-reactive ketones (excluding diaryl/α,β-unsaturated/α-hetero) is 1. The fraction of sp³-hybridized carbons (Fsp3) is 0.294. The maximum absolute atomic E-state index is 12.3. The van der Waals surface area contributed by atoms with Gasteiger partial charge in [-0.25, -0.2) is 0 Å². The quantitative estimate of drug-likeness (QED) is 0.750. The molecule has 0 N–H and O–H groups in total. The van der Waals surface area contributed by atoms with Crippen LogP contribution in [0.5, 0.6) is 0 Å². The van der Waals surface area contributed by atoms with Crippen LogP contribution >= 0.6 is 27.3 Å². The summed E-state index contributed by atoms with van der Waals surface area (Å²) in [6.45, 7) is 3.22. The normalized spacial score (nSPS) is 15.6. The summed E-state index contributed by atoms with van der Waals surface area (Å²) < 4.78 is 0.967. The molecule has 6 heteroatoms. The number of carbonyl (C=O) groups excluding carboxylic acids is 2. The Hall–Kier alpha value is -1.50. The minimum atomic E-state index is 0.0962. The number of piperazine rings is 1. The summed E-state index contributed by atoms with van der Waals surface area (Å²) in [6.07, 6.45) is 0. The molecule has 1 aromatic heterocycles. The summed E-state index contributed by atoms with van der Waals surface area (Å²) >= 11 is 4.84. The molecule has 0 spiro atoms. The summed E-state index contributed by atoms with van der Waals surface area (Å²) in [4.78, 5) is 29.3. The molecular weight excluding hydrogens is 376 g/mol. The van der Waals surface area contributed by atoms with Crippen LogP contribution in [0.25, 0.3) is 0 Å². The van der Waals surface area contributed by atoms with E-state index in [0.29, 0.717) is 19.6 Å². The SMILES string of the molecule is O=C(CN1CCN(C(=O)c2cccs2)CC1)c1ccc(Br)cc1. The van der Waals surface area contributed by atoms with Gasteiger partial charge in [0.25, 0.3) is 5.91 Å². The van der Waals surface area contributed by atoms with Crippen molar-refractivity contribution in [2.24, 2.45) is 0 Å². The van der Waals surface area contributed by atoms with E-state index in [1.807, 2.05) is 46.7 Å². The Morgan fingerprint density at radius 2 is 1.74 bits per heavy atom. The monoisotopic (exact) mass is 392 g/mol.